The van der Waals surface area contributed by atoms with Crippen molar-refractivity contribution < 1.29 is 14.3 Å². The van der Waals surface area contributed by atoms with E-state index in [1.165, 1.54) is 0 Å². The summed E-state index contributed by atoms with van der Waals surface area (Å²) in [6, 6.07) is 7.08. The minimum Gasteiger partial charge on any atom is -0.383 e. The molecule has 0 bridgehead atoms. The Balaban J connectivity index is 2.93. The molecule has 0 fully saturated rings. The lowest BCUT2D eigenvalue weighted by Crippen LogP contribution is -2.36. The molecule has 0 aromatic heterocycles. The zero-order valence-corrected chi connectivity index (χ0v) is 15.7. The van der Waals surface area contributed by atoms with Crippen molar-refractivity contribution in [2.24, 2.45) is 11.3 Å². The largest absolute Gasteiger partial charge is 0.383 e. The van der Waals surface area contributed by atoms with Crippen molar-refractivity contribution >= 4 is 17.5 Å². The van der Waals surface area contributed by atoms with E-state index in [4.69, 9.17) is 4.74 Å². The molecule has 5 nitrogen and oxygen atoms in total. The van der Waals surface area contributed by atoms with Gasteiger partial charge in [-0.25, -0.2) is 0 Å². The van der Waals surface area contributed by atoms with Crippen LogP contribution in [-0.2, 0) is 9.53 Å². The summed E-state index contributed by atoms with van der Waals surface area (Å²) in [6.45, 7) is 11.4. The fourth-order valence-corrected chi connectivity index (χ4v) is 2.15. The fourth-order valence-electron chi connectivity index (χ4n) is 2.15. The third-order valence-electron chi connectivity index (χ3n) is 3.49. The van der Waals surface area contributed by atoms with Crippen LogP contribution in [0.1, 0.15) is 45.0 Å². The molecule has 24 heavy (non-hydrogen) atoms. The molecule has 2 amide bonds. The van der Waals surface area contributed by atoms with Crippen LogP contribution >= 0.6 is 0 Å². The number of nitrogens with one attached hydrogen (secondary N) is 1. The van der Waals surface area contributed by atoms with Crippen molar-refractivity contribution in [2.75, 3.05) is 32.1 Å². The zero-order chi connectivity index (χ0) is 18.3. The molecular formula is C19H30N2O3. The summed E-state index contributed by atoms with van der Waals surface area (Å²) >= 11 is 0. The highest BCUT2D eigenvalue weighted by molar-refractivity contribution is 5.98. The number of carbonyl (C=O) groups excluding carboxylic acids is 2. The lowest BCUT2D eigenvalue weighted by molar-refractivity contribution is -0.123. The van der Waals surface area contributed by atoms with E-state index in [0.717, 1.165) is 0 Å². The summed E-state index contributed by atoms with van der Waals surface area (Å²) in [4.78, 5) is 26.7. The molecule has 1 aromatic carbocycles. The molecule has 0 saturated carbocycles. The number of methoxy groups -OCH3 is 1. The van der Waals surface area contributed by atoms with Crippen LogP contribution in [0.4, 0.5) is 5.69 Å². The maximum absolute atomic E-state index is 12.8. The van der Waals surface area contributed by atoms with Gasteiger partial charge in [-0.3, -0.25) is 9.59 Å². The normalized spacial score (nSPS) is 11.5. The minimum atomic E-state index is -0.484. The van der Waals surface area contributed by atoms with Crippen LogP contribution in [0.3, 0.4) is 0 Å². The molecule has 0 aliphatic carbocycles. The second-order valence-electron chi connectivity index (χ2n) is 7.42. The van der Waals surface area contributed by atoms with Crippen LogP contribution in [0.5, 0.6) is 0 Å². The lowest BCUT2D eigenvalue weighted by atomic mass is 9.95. The minimum absolute atomic E-state index is 0.0485. The second-order valence-corrected chi connectivity index (χ2v) is 7.42. The first-order chi connectivity index (χ1) is 11.1. The smallest absolute Gasteiger partial charge is 0.254 e. The Morgan fingerprint density at radius 1 is 1.25 bits per heavy atom. The van der Waals surface area contributed by atoms with Crippen molar-refractivity contribution in [3.8, 4) is 0 Å². The van der Waals surface area contributed by atoms with Gasteiger partial charge in [0.25, 0.3) is 5.91 Å². The molecule has 0 radical (unpaired) electrons. The van der Waals surface area contributed by atoms with E-state index >= 15 is 0 Å². The number of hydrogen-bond donors (Lipinski definition) is 1. The first kappa shape index (κ1) is 20.2. The topological polar surface area (TPSA) is 58.6 Å². The lowest BCUT2D eigenvalue weighted by Gasteiger charge is -2.25. The first-order valence-corrected chi connectivity index (χ1v) is 8.35. The summed E-state index contributed by atoms with van der Waals surface area (Å²) in [5.41, 5.74) is 0.720. The Hall–Kier alpha value is -1.88. The second kappa shape index (κ2) is 8.83. The Bertz CT molecular complexity index is 562. The van der Waals surface area contributed by atoms with Gasteiger partial charge in [0.15, 0.2) is 0 Å². The van der Waals surface area contributed by atoms with E-state index in [0.29, 0.717) is 36.9 Å². The maximum Gasteiger partial charge on any atom is 0.254 e. The quantitative estimate of drug-likeness (QED) is 0.831. The average molecular weight is 334 g/mol. The van der Waals surface area contributed by atoms with E-state index < -0.39 is 5.41 Å². The first-order valence-electron chi connectivity index (χ1n) is 8.35. The number of carbonyl (C=O) groups is 2. The molecule has 0 aliphatic rings. The summed E-state index contributed by atoms with van der Waals surface area (Å²) in [5, 5.41) is 2.87. The zero-order valence-electron chi connectivity index (χ0n) is 15.7. The number of hydrogen-bond acceptors (Lipinski definition) is 3. The number of rotatable bonds is 7. The average Bonchev–Trinajstić information content (AvgIpc) is 2.49. The van der Waals surface area contributed by atoms with Gasteiger partial charge in [-0.2, -0.15) is 0 Å². The van der Waals surface area contributed by atoms with Crippen molar-refractivity contribution in [3.63, 3.8) is 0 Å². The molecule has 1 rings (SSSR count). The van der Waals surface area contributed by atoms with Crippen molar-refractivity contribution in [3.05, 3.63) is 29.8 Å². The standard InChI is InChI=1S/C19H30N2O3/c1-14(2)13-21(10-11-24-6)17(22)15-8-7-9-16(12-15)20-18(23)19(3,4)5/h7-9,12,14H,10-11,13H2,1-6H3,(H,20,23). The highest BCUT2D eigenvalue weighted by atomic mass is 16.5. The van der Waals surface area contributed by atoms with Crippen molar-refractivity contribution in [1.82, 2.24) is 4.90 Å². The summed E-state index contributed by atoms with van der Waals surface area (Å²) in [7, 11) is 1.63. The molecule has 1 aromatic rings. The van der Waals surface area contributed by atoms with Crippen LogP contribution < -0.4 is 5.32 Å². The van der Waals surface area contributed by atoms with Crippen molar-refractivity contribution in [1.29, 1.82) is 0 Å². The van der Waals surface area contributed by atoms with Crippen LogP contribution in [0.25, 0.3) is 0 Å². The number of ether oxygens (including phenoxy) is 1. The monoisotopic (exact) mass is 334 g/mol. The van der Waals surface area contributed by atoms with E-state index in [1.54, 1.807) is 36.3 Å². The van der Waals surface area contributed by atoms with Gasteiger partial charge in [0.05, 0.1) is 6.61 Å². The molecule has 0 heterocycles. The molecule has 134 valence electrons. The summed E-state index contributed by atoms with van der Waals surface area (Å²) in [5.74, 6) is 0.243. The number of amides is 2. The van der Waals surface area contributed by atoms with Gasteiger partial charge in [-0.05, 0) is 24.1 Å². The highest BCUT2D eigenvalue weighted by Crippen LogP contribution is 2.19. The van der Waals surface area contributed by atoms with E-state index in [1.807, 2.05) is 20.8 Å². The van der Waals surface area contributed by atoms with Crippen molar-refractivity contribution in [2.45, 2.75) is 34.6 Å². The van der Waals surface area contributed by atoms with Crippen LogP contribution in [0.15, 0.2) is 24.3 Å². The predicted octanol–water partition coefficient (Wildman–Crippen LogP) is 3.42. The molecule has 0 saturated heterocycles. The van der Waals surface area contributed by atoms with E-state index in [9.17, 15) is 9.59 Å². The third-order valence-corrected chi connectivity index (χ3v) is 3.49. The molecule has 1 N–H and O–H groups in total. The van der Waals surface area contributed by atoms with Crippen LogP contribution in [0, 0.1) is 11.3 Å². The molecule has 5 heteroatoms. The molecule has 0 aliphatic heterocycles. The Labute approximate surface area is 145 Å². The summed E-state index contributed by atoms with van der Waals surface area (Å²) < 4.78 is 5.10. The molecule has 0 unspecified atom stereocenters. The molecule has 0 spiro atoms. The van der Waals surface area contributed by atoms with Gasteiger partial charge in [0, 0.05) is 36.9 Å². The fraction of sp³-hybridized carbons (Fsp3) is 0.579. The van der Waals surface area contributed by atoms with Crippen LogP contribution in [-0.4, -0.2) is 43.5 Å². The number of nitrogens with zero attached hydrogens (tertiary/aromatic N) is 1. The Morgan fingerprint density at radius 2 is 1.92 bits per heavy atom. The van der Waals surface area contributed by atoms with Gasteiger partial charge in [0.1, 0.15) is 0 Å². The van der Waals surface area contributed by atoms with Gasteiger partial charge >= 0.3 is 0 Å². The summed E-state index contributed by atoms with van der Waals surface area (Å²) in [6.07, 6.45) is 0. The highest BCUT2D eigenvalue weighted by Gasteiger charge is 2.22. The van der Waals surface area contributed by atoms with E-state index in [-0.39, 0.29) is 11.8 Å². The molecular weight excluding hydrogens is 304 g/mol. The number of anilines is 1. The number of benzene rings is 1. The van der Waals surface area contributed by atoms with Gasteiger partial charge in [0.2, 0.25) is 5.91 Å². The Kier molecular flexibility index (Phi) is 7.42. The van der Waals surface area contributed by atoms with Gasteiger partial charge in [-0.15, -0.1) is 0 Å². The SMILES string of the molecule is COCCN(CC(C)C)C(=O)c1cccc(NC(=O)C(C)(C)C)c1. The van der Waals surface area contributed by atoms with Gasteiger partial charge in [-0.1, -0.05) is 40.7 Å². The van der Waals surface area contributed by atoms with E-state index in [2.05, 4.69) is 19.2 Å². The van der Waals surface area contributed by atoms with Gasteiger partial charge < -0.3 is 15.0 Å². The molecule has 0 atom stereocenters. The van der Waals surface area contributed by atoms with Crippen LogP contribution in [0.2, 0.25) is 0 Å². The Morgan fingerprint density at radius 3 is 2.46 bits per heavy atom. The third kappa shape index (κ3) is 6.32. The predicted molar refractivity (Wildman–Crippen MR) is 97.1 cm³/mol. The maximum atomic E-state index is 12.8.